The summed E-state index contributed by atoms with van der Waals surface area (Å²) in [7, 11) is 0. The number of hydrogen-bond donors (Lipinski definition) is 1. The van der Waals surface area contributed by atoms with E-state index in [0.717, 1.165) is 0 Å². The van der Waals surface area contributed by atoms with E-state index in [1.54, 1.807) is 27.7 Å². The van der Waals surface area contributed by atoms with E-state index in [2.05, 4.69) is 5.32 Å². The van der Waals surface area contributed by atoms with E-state index in [0.29, 0.717) is 13.1 Å². The fraction of sp³-hybridized carbons (Fsp3) is 0.786. The molecule has 0 aromatic carbocycles. The Labute approximate surface area is 123 Å². The molecule has 2 rings (SSSR count). The molecule has 0 bridgehead atoms. The molecule has 0 aromatic rings. The third-order valence-electron chi connectivity index (χ3n) is 3.62. The second-order valence-electron chi connectivity index (χ2n) is 6.63. The molecular formula is C14H22N2O5. The van der Waals surface area contributed by atoms with Crippen LogP contribution in [0.25, 0.3) is 0 Å². The lowest BCUT2D eigenvalue weighted by molar-refractivity contribution is -0.152. The van der Waals surface area contributed by atoms with Gasteiger partial charge in [0.1, 0.15) is 11.6 Å². The van der Waals surface area contributed by atoms with E-state index in [1.807, 2.05) is 0 Å². The van der Waals surface area contributed by atoms with Gasteiger partial charge in [-0.2, -0.15) is 0 Å². The maximum absolute atomic E-state index is 11.9. The Bertz CT molecular complexity index is 462. The van der Waals surface area contributed by atoms with Crippen LogP contribution in [0.3, 0.4) is 0 Å². The van der Waals surface area contributed by atoms with Crippen LogP contribution in [0.4, 0.5) is 4.79 Å². The zero-order valence-electron chi connectivity index (χ0n) is 12.9. The molecule has 118 valence electrons. The summed E-state index contributed by atoms with van der Waals surface area (Å²) < 4.78 is 10.3. The predicted molar refractivity (Wildman–Crippen MR) is 73.4 cm³/mol. The van der Waals surface area contributed by atoms with Crippen LogP contribution in [0.15, 0.2) is 0 Å². The van der Waals surface area contributed by atoms with Crippen LogP contribution >= 0.6 is 0 Å². The van der Waals surface area contributed by atoms with E-state index >= 15 is 0 Å². The summed E-state index contributed by atoms with van der Waals surface area (Å²) in [6.45, 7) is 8.01. The van der Waals surface area contributed by atoms with Gasteiger partial charge in [0.25, 0.3) is 0 Å². The third-order valence-corrected chi connectivity index (χ3v) is 3.62. The van der Waals surface area contributed by atoms with Gasteiger partial charge < -0.3 is 19.7 Å². The molecule has 2 amide bonds. The van der Waals surface area contributed by atoms with Crippen molar-refractivity contribution in [2.45, 2.75) is 45.8 Å². The fourth-order valence-electron chi connectivity index (χ4n) is 2.79. The lowest BCUT2D eigenvalue weighted by Crippen LogP contribution is -2.65. The number of hydrogen-bond acceptors (Lipinski definition) is 5. The van der Waals surface area contributed by atoms with Gasteiger partial charge in [-0.15, -0.1) is 0 Å². The zero-order valence-corrected chi connectivity index (χ0v) is 12.9. The topological polar surface area (TPSA) is 84.9 Å². The molecule has 1 atom stereocenters. The average Bonchev–Trinajstić information content (AvgIpc) is 2.63. The van der Waals surface area contributed by atoms with Crippen molar-refractivity contribution >= 4 is 18.0 Å². The van der Waals surface area contributed by atoms with Crippen LogP contribution in [0, 0.1) is 5.41 Å². The van der Waals surface area contributed by atoms with Crippen molar-refractivity contribution in [3.63, 3.8) is 0 Å². The summed E-state index contributed by atoms with van der Waals surface area (Å²) in [5, 5.41) is 2.65. The van der Waals surface area contributed by atoms with Crippen molar-refractivity contribution in [3.8, 4) is 0 Å². The zero-order chi connectivity index (χ0) is 15.8. The van der Waals surface area contributed by atoms with E-state index in [9.17, 15) is 14.4 Å². The highest BCUT2D eigenvalue weighted by molar-refractivity contribution is 5.91. The highest BCUT2D eigenvalue weighted by atomic mass is 16.6. The van der Waals surface area contributed by atoms with Gasteiger partial charge in [0.15, 0.2) is 0 Å². The molecule has 1 unspecified atom stereocenters. The number of nitrogens with zero attached hydrogens (tertiary/aromatic N) is 1. The lowest BCUT2D eigenvalue weighted by atomic mass is 9.73. The summed E-state index contributed by atoms with van der Waals surface area (Å²) in [6, 6.07) is -0.677. The molecule has 2 fully saturated rings. The molecule has 2 saturated heterocycles. The van der Waals surface area contributed by atoms with Gasteiger partial charge in [-0.25, -0.2) is 9.59 Å². The largest absolute Gasteiger partial charge is 0.464 e. The van der Waals surface area contributed by atoms with Crippen molar-refractivity contribution in [1.29, 1.82) is 0 Å². The SMILES string of the molecule is CCOC(=O)C1NC(=O)CC12CN(C(=O)OC(C)(C)C)C2. The predicted octanol–water partition coefficient (Wildman–Crippen LogP) is 0.675. The number of nitrogens with one attached hydrogen (secondary N) is 1. The van der Waals surface area contributed by atoms with Gasteiger partial charge in [0.2, 0.25) is 5.91 Å². The monoisotopic (exact) mass is 298 g/mol. The Morgan fingerprint density at radius 1 is 1.38 bits per heavy atom. The van der Waals surface area contributed by atoms with Crippen LogP contribution in [-0.2, 0) is 19.1 Å². The molecule has 2 aliphatic heterocycles. The smallest absolute Gasteiger partial charge is 0.410 e. The van der Waals surface area contributed by atoms with Crippen LogP contribution in [0.1, 0.15) is 34.1 Å². The molecule has 2 aliphatic rings. The van der Waals surface area contributed by atoms with Crippen molar-refractivity contribution in [3.05, 3.63) is 0 Å². The minimum atomic E-state index is -0.677. The van der Waals surface area contributed by atoms with E-state index < -0.39 is 29.1 Å². The summed E-state index contributed by atoms with van der Waals surface area (Å²) in [6.07, 6.45) is -0.189. The van der Waals surface area contributed by atoms with Crippen molar-refractivity contribution in [2.24, 2.45) is 5.41 Å². The van der Waals surface area contributed by atoms with Gasteiger partial charge in [0, 0.05) is 24.9 Å². The molecule has 0 radical (unpaired) electrons. The Hall–Kier alpha value is -1.79. The highest BCUT2D eigenvalue weighted by Crippen LogP contribution is 2.42. The van der Waals surface area contributed by atoms with Crippen LogP contribution < -0.4 is 5.32 Å². The first kappa shape index (κ1) is 15.6. The lowest BCUT2D eigenvalue weighted by Gasteiger charge is -2.49. The number of carbonyl (C=O) groups excluding carboxylic acids is 3. The number of carbonyl (C=O) groups is 3. The third kappa shape index (κ3) is 3.11. The van der Waals surface area contributed by atoms with Crippen LogP contribution in [-0.4, -0.2) is 54.2 Å². The Kier molecular flexibility index (Phi) is 3.86. The Morgan fingerprint density at radius 2 is 2.00 bits per heavy atom. The summed E-state index contributed by atoms with van der Waals surface area (Å²) >= 11 is 0. The van der Waals surface area contributed by atoms with Gasteiger partial charge in [-0.05, 0) is 27.7 Å². The number of amides is 2. The number of ether oxygens (including phenoxy) is 2. The average molecular weight is 298 g/mol. The van der Waals surface area contributed by atoms with E-state index in [-0.39, 0.29) is 18.9 Å². The molecule has 0 aromatic heterocycles. The molecule has 2 heterocycles. The maximum atomic E-state index is 11.9. The van der Waals surface area contributed by atoms with Crippen molar-refractivity contribution in [1.82, 2.24) is 10.2 Å². The van der Waals surface area contributed by atoms with Gasteiger partial charge in [-0.3, -0.25) is 4.79 Å². The number of esters is 1. The molecular weight excluding hydrogens is 276 g/mol. The van der Waals surface area contributed by atoms with Gasteiger partial charge in [0.05, 0.1) is 6.61 Å². The second kappa shape index (κ2) is 5.20. The minimum absolute atomic E-state index is 0.183. The molecule has 0 saturated carbocycles. The van der Waals surface area contributed by atoms with Crippen molar-refractivity contribution < 1.29 is 23.9 Å². The van der Waals surface area contributed by atoms with Crippen LogP contribution in [0.5, 0.6) is 0 Å². The standard InChI is InChI=1S/C14H22N2O5/c1-5-20-11(18)10-14(6-9(17)15-10)7-16(8-14)12(19)21-13(2,3)4/h10H,5-8H2,1-4H3,(H,15,17). The Morgan fingerprint density at radius 3 is 2.52 bits per heavy atom. The maximum Gasteiger partial charge on any atom is 0.410 e. The second-order valence-corrected chi connectivity index (χ2v) is 6.63. The minimum Gasteiger partial charge on any atom is -0.464 e. The number of likely N-dealkylation sites (tertiary alicyclic amines) is 1. The van der Waals surface area contributed by atoms with E-state index in [1.165, 1.54) is 4.90 Å². The first-order valence-electron chi connectivity index (χ1n) is 7.11. The fourth-order valence-corrected chi connectivity index (χ4v) is 2.79. The number of rotatable bonds is 2. The molecule has 7 heteroatoms. The molecule has 1 spiro atoms. The molecule has 21 heavy (non-hydrogen) atoms. The molecule has 0 aliphatic carbocycles. The highest BCUT2D eigenvalue weighted by Gasteiger charge is 2.59. The summed E-state index contributed by atoms with van der Waals surface area (Å²) in [5.41, 5.74) is -1.12. The van der Waals surface area contributed by atoms with E-state index in [4.69, 9.17) is 9.47 Å². The van der Waals surface area contributed by atoms with Crippen molar-refractivity contribution in [2.75, 3.05) is 19.7 Å². The van der Waals surface area contributed by atoms with Crippen LogP contribution in [0.2, 0.25) is 0 Å². The first-order chi connectivity index (χ1) is 9.67. The first-order valence-corrected chi connectivity index (χ1v) is 7.11. The molecule has 1 N–H and O–H groups in total. The van der Waals surface area contributed by atoms with Gasteiger partial charge >= 0.3 is 12.1 Å². The summed E-state index contributed by atoms with van der Waals surface area (Å²) in [4.78, 5) is 37.0. The Balaban J connectivity index is 2.00. The quantitative estimate of drug-likeness (QED) is 0.758. The normalized spacial score (nSPS) is 23.5. The summed E-state index contributed by atoms with van der Waals surface area (Å²) in [5.74, 6) is -0.621. The molecule has 7 nitrogen and oxygen atoms in total. The van der Waals surface area contributed by atoms with Gasteiger partial charge in [-0.1, -0.05) is 0 Å².